The number of nitrogens with zero attached hydrogens (tertiary/aromatic N) is 3. The number of urea groups is 1. The second kappa shape index (κ2) is 9.24. The molecule has 4 aliphatic rings. The highest BCUT2D eigenvalue weighted by Gasteiger charge is 2.66. The molecule has 1 saturated carbocycles. The molecule has 0 unspecified atom stereocenters. The maximum Gasteiger partial charge on any atom is 0.357 e. The molecule has 3 aliphatic heterocycles. The largest absolute Gasteiger partial charge is 0.466 e. The molecule has 1 saturated heterocycles. The van der Waals surface area contributed by atoms with Crippen molar-refractivity contribution in [3.05, 3.63) is 41.1 Å². The number of rotatable bonds is 4. The number of methoxy groups -OCH3 is 2. The molecule has 192 valence electrons. The number of hydrogen-bond donors (Lipinski definition) is 2. The minimum Gasteiger partial charge on any atom is -0.466 e. The number of ether oxygens (including phenoxy) is 2. The maximum absolute atomic E-state index is 13.7. The molecule has 2 amide bonds. The lowest BCUT2D eigenvalue weighted by Crippen LogP contribution is -2.57. The molecular formula is C26H32N4O6. The first-order valence-corrected chi connectivity index (χ1v) is 12.4. The van der Waals surface area contributed by atoms with Crippen LogP contribution in [0.2, 0.25) is 0 Å². The van der Waals surface area contributed by atoms with E-state index in [-0.39, 0.29) is 29.9 Å². The second-order valence-electron chi connectivity index (χ2n) is 9.88. The number of aliphatic imine (C=N–C) groups is 1. The Labute approximate surface area is 209 Å². The third kappa shape index (κ3) is 3.42. The summed E-state index contributed by atoms with van der Waals surface area (Å²) in [7, 11) is 4.32. The summed E-state index contributed by atoms with van der Waals surface area (Å²) in [6.45, 7) is -0.293. The van der Waals surface area contributed by atoms with Crippen molar-refractivity contribution in [2.75, 3.05) is 32.8 Å². The van der Waals surface area contributed by atoms with E-state index in [1.54, 1.807) is 0 Å². The van der Waals surface area contributed by atoms with Crippen LogP contribution in [0, 0.1) is 0 Å². The van der Waals surface area contributed by atoms with Gasteiger partial charge >= 0.3 is 18.0 Å². The fourth-order valence-corrected chi connectivity index (χ4v) is 6.54. The number of fused-ring (bicyclic) bond motifs is 1. The number of amides is 2. The van der Waals surface area contributed by atoms with Gasteiger partial charge in [0.05, 0.1) is 43.9 Å². The summed E-state index contributed by atoms with van der Waals surface area (Å²) < 4.78 is 10.1. The number of amidine groups is 1. The number of nitrogens with one attached hydrogen (secondary N) is 1. The Kier molecular flexibility index (Phi) is 6.23. The molecule has 36 heavy (non-hydrogen) atoms. The monoisotopic (exact) mass is 496 g/mol. The number of likely N-dealkylation sites (N-methyl/N-ethyl adjacent to an activating group) is 1. The quantitative estimate of drug-likeness (QED) is 0.611. The number of aliphatic hydroxyl groups is 1. The minimum atomic E-state index is -0.941. The lowest BCUT2D eigenvalue weighted by molar-refractivity contribution is -0.139. The van der Waals surface area contributed by atoms with Gasteiger partial charge in [-0.1, -0.05) is 37.5 Å². The van der Waals surface area contributed by atoms with E-state index in [0.29, 0.717) is 12.3 Å². The Balaban J connectivity index is 1.71. The highest BCUT2D eigenvalue weighted by atomic mass is 16.5. The van der Waals surface area contributed by atoms with Crippen molar-refractivity contribution in [2.45, 2.75) is 62.1 Å². The van der Waals surface area contributed by atoms with Gasteiger partial charge in [0.25, 0.3) is 0 Å². The van der Waals surface area contributed by atoms with Crippen LogP contribution in [0.5, 0.6) is 0 Å². The Bertz CT molecular complexity index is 1160. The molecule has 1 aromatic carbocycles. The Morgan fingerprint density at radius 1 is 1.11 bits per heavy atom. The van der Waals surface area contributed by atoms with Gasteiger partial charge in [0.15, 0.2) is 5.70 Å². The molecule has 3 heterocycles. The van der Waals surface area contributed by atoms with E-state index < -0.39 is 29.4 Å². The maximum atomic E-state index is 13.7. The topological polar surface area (TPSA) is 121 Å². The van der Waals surface area contributed by atoms with Crippen molar-refractivity contribution in [1.82, 2.24) is 10.2 Å². The van der Waals surface area contributed by atoms with Gasteiger partial charge in [0.1, 0.15) is 5.84 Å². The Morgan fingerprint density at radius 2 is 1.81 bits per heavy atom. The van der Waals surface area contributed by atoms with Crippen LogP contribution in [0.4, 0.5) is 10.5 Å². The number of likely N-dealkylation sites (tertiary alicyclic amines) is 1. The summed E-state index contributed by atoms with van der Waals surface area (Å²) in [4.78, 5) is 47.9. The number of hydrogen-bond acceptors (Lipinski definition) is 8. The molecule has 1 aromatic rings. The predicted octanol–water partition coefficient (Wildman–Crippen LogP) is 1.86. The number of carbonyl (C=O) groups excluding carboxylic acids is 3. The summed E-state index contributed by atoms with van der Waals surface area (Å²) in [6.07, 6.45) is 5.39. The molecule has 2 N–H and O–H groups in total. The van der Waals surface area contributed by atoms with Crippen LogP contribution in [0.3, 0.4) is 0 Å². The lowest BCUT2D eigenvalue weighted by atomic mass is 9.69. The van der Waals surface area contributed by atoms with Crippen molar-refractivity contribution in [1.29, 1.82) is 0 Å². The average Bonchev–Trinajstić information content (AvgIpc) is 3.38. The summed E-state index contributed by atoms with van der Waals surface area (Å²) >= 11 is 0. The third-order valence-corrected chi connectivity index (χ3v) is 8.06. The standard InChI is InChI=1S/C26H32N4O6/c1-29-18-12-8-7-11-17(18)26-13-16(14-31)30(25(34)27-15-9-5-4-6-10-15)24(26)28-20(23(33)36-3)19(21(26)29)22(32)35-2/h7-8,11-12,15-16,21,31H,4-6,9-10,13-14H2,1-3H3,(H,27,34)/t16-,21-,26-/m0/s1. The van der Waals surface area contributed by atoms with Crippen LogP contribution in [0.15, 0.2) is 40.5 Å². The predicted molar refractivity (Wildman–Crippen MR) is 132 cm³/mol. The number of para-hydroxylation sites is 1. The first-order valence-electron chi connectivity index (χ1n) is 12.4. The molecule has 2 fully saturated rings. The van der Waals surface area contributed by atoms with E-state index in [9.17, 15) is 19.5 Å². The Hall–Kier alpha value is -3.40. The van der Waals surface area contributed by atoms with Gasteiger partial charge in [-0.15, -0.1) is 0 Å². The Morgan fingerprint density at radius 3 is 2.47 bits per heavy atom. The first-order chi connectivity index (χ1) is 17.4. The zero-order chi connectivity index (χ0) is 25.6. The van der Waals surface area contributed by atoms with Crippen molar-refractivity contribution >= 4 is 29.5 Å². The van der Waals surface area contributed by atoms with Gasteiger partial charge in [-0.3, -0.25) is 4.90 Å². The number of anilines is 1. The third-order valence-electron chi connectivity index (χ3n) is 8.06. The molecule has 0 bridgehead atoms. The fraction of sp³-hybridized carbons (Fsp3) is 0.538. The summed E-state index contributed by atoms with van der Waals surface area (Å²) in [6, 6.07) is 6.11. The van der Waals surface area contributed by atoms with Crippen molar-refractivity contribution in [3.63, 3.8) is 0 Å². The second-order valence-corrected chi connectivity index (χ2v) is 9.88. The van der Waals surface area contributed by atoms with E-state index in [4.69, 9.17) is 9.47 Å². The van der Waals surface area contributed by atoms with Crippen LogP contribution in [0.25, 0.3) is 0 Å². The van der Waals surface area contributed by atoms with Crippen LogP contribution < -0.4 is 10.2 Å². The number of carbonyl (C=O) groups is 3. The van der Waals surface area contributed by atoms with Crippen LogP contribution in [-0.2, 0) is 24.5 Å². The lowest BCUT2D eigenvalue weighted by Gasteiger charge is -2.39. The van der Waals surface area contributed by atoms with E-state index >= 15 is 0 Å². The van der Waals surface area contributed by atoms with Crippen molar-refractivity contribution in [3.8, 4) is 0 Å². The van der Waals surface area contributed by atoms with Gasteiger partial charge in [-0.05, 0) is 30.9 Å². The fourth-order valence-electron chi connectivity index (χ4n) is 6.54. The minimum absolute atomic E-state index is 0.0434. The summed E-state index contributed by atoms with van der Waals surface area (Å²) in [5.41, 5.74) is 0.692. The normalized spacial score (nSPS) is 27.2. The van der Waals surface area contributed by atoms with Crippen molar-refractivity contribution in [2.24, 2.45) is 4.99 Å². The van der Waals surface area contributed by atoms with Gasteiger partial charge in [-0.25, -0.2) is 19.4 Å². The van der Waals surface area contributed by atoms with Gasteiger partial charge in [0.2, 0.25) is 0 Å². The first kappa shape index (κ1) is 24.3. The average molecular weight is 497 g/mol. The van der Waals surface area contributed by atoms with Crippen molar-refractivity contribution < 1.29 is 29.0 Å². The van der Waals surface area contributed by atoms with Crippen LogP contribution in [0.1, 0.15) is 44.1 Å². The van der Waals surface area contributed by atoms with Gasteiger partial charge < -0.3 is 24.8 Å². The zero-order valence-electron chi connectivity index (χ0n) is 20.8. The van der Waals surface area contributed by atoms with Crippen LogP contribution >= 0.6 is 0 Å². The summed E-state index contributed by atoms with van der Waals surface area (Å²) in [5, 5.41) is 13.6. The smallest absolute Gasteiger partial charge is 0.357 e. The molecule has 0 radical (unpaired) electrons. The highest BCUT2D eigenvalue weighted by Crippen LogP contribution is 2.57. The molecule has 10 nitrogen and oxygen atoms in total. The summed E-state index contributed by atoms with van der Waals surface area (Å²) in [5.74, 6) is -1.14. The molecule has 3 atom stereocenters. The van der Waals surface area contributed by atoms with E-state index in [2.05, 4.69) is 10.3 Å². The van der Waals surface area contributed by atoms with Crippen LogP contribution in [-0.4, -0.2) is 79.8 Å². The zero-order valence-corrected chi connectivity index (χ0v) is 20.8. The van der Waals surface area contributed by atoms with Gasteiger partial charge in [0, 0.05) is 18.8 Å². The number of esters is 2. The van der Waals surface area contributed by atoms with Gasteiger partial charge in [-0.2, -0.15) is 0 Å². The number of benzene rings is 1. The van der Waals surface area contributed by atoms with E-state index in [1.807, 2.05) is 36.2 Å². The molecule has 5 rings (SSSR count). The highest BCUT2D eigenvalue weighted by molar-refractivity contribution is 6.15. The molecular weight excluding hydrogens is 464 g/mol. The molecule has 1 aliphatic carbocycles. The van der Waals surface area contributed by atoms with E-state index in [0.717, 1.165) is 43.4 Å². The molecule has 0 aromatic heterocycles. The SMILES string of the molecule is COC(=O)C1=C(C(=O)OC)[C@@H]2N(C)c3ccccc3[C@@]23C[C@@H](CO)N(C(=O)NC2CCCCC2)C3=N1. The van der Waals surface area contributed by atoms with E-state index in [1.165, 1.54) is 19.1 Å². The number of aliphatic hydroxyl groups excluding tert-OH is 1. The molecule has 1 spiro atoms. The molecule has 10 heteroatoms.